The van der Waals surface area contributed by atoms with Gasteiger partial charge < -0.3 is 28.1 Å². The highest BCUT2D eigenvalue weighted by atomic mass is 16.7. The minimum atomic E-state index is -0.663. The van der Waals surface area contributed by atoms with Gasteiger partial charge in [0.1, 0.15) is 23.0 Å². The summed E-state index contributed by atoms with van der Waals surface area (Å²) in [7, 11) is -1.33. The van der Waals surface area contributed by atoms with Crippen molar-refractivity contribution in [3.63, 3.8) is 0 Å². The first-order chi connectivity index (χ1) is 17.8. The second-order valence-corrected chi connectivity index (χ2v) is 11.9. The average molecular weight is 514 g/mol. The Morgan fingerprint density at radius 3 is 1.05 bits per heavy atom. The van der Waals surface area contributed by atoms with E-state index in [1.165, 1.54) is 0 Å². The molecule has 3 aromatic rings. The molecular formula is C30H36B2O6. The van der Waals surface area contributed by atoms with E-state index >= 15 is 0 Å². The Balaban J connectivity index is 1.65. The van der Waals surface area contributed by atoms with Gasteiger partial charge in [0.25, 0.3) is 0 Å². The van der Waals surface area contributed by atoms with E-state index in [0.717, 1.165) is 10.9 Å². The molecule has 2 saturated heterocycles. The molecule has 5 rings (SSSR count). The predicted molar refractivity (Wildman–Crippen MR) is 151 cm³/mol. The smallest absolute Gasteiger partial charge is 0.458 e. The molecular weight excluding hydrogens is 478 g/mol. The number of rotatable bonds is 6. The summed E-state index contributed by atoms with van der Waals surface area (Å²) in [5.74, 6) is 2.56. The summed E-state index contributed by atoms with van der Waals surface area (Å²) in [6.07, 6.45) is 0. The third kappa shape index (κ3) is 4.98. The second kappa shape index (κ2) is 9.45. The molecule has 0 unspecified atom stereocenters. The van der Waals surface area contributed by atoms with Gasteiger partial charge in [-0.1, -0.05) is 36.4 Å². The topological polar surface area (TPSA) is 55.4 Å². The molecule has 2 aliphatic rings. The van der Waals surface area contributed by atoms with Crippen molar-refractivity contribution >= 4 is 25.2 Å². The van der Waals surface area contributed by atoms with Crippen LogP contribution in [0.25, 0.3) is 0 Å². The van der Waals surface area contributed by atoms with Gasteiger partial charge in [-0.25, -0.2) is 0 Å². The van der Waals surface area contributed by atoms with Crippen LogP contribution in [0.2, 0.25) is 0 Å². The number of para-hydroxylation sites is 2. The van der Waals surface area contributed by atoms with Crippen molar-refractivity contribution in [1.29, 1.82) is 0 Å². The number of ether oxygens (including phenoxy) is 2. The Hall–Kier alpha value is -2.77. The van der Waals surface area contributed by atoms with Crippen LogP contribution in [0.5, 0.6) is 23.0 Å². The molecule has 0 saturated carbocycles. The lowest BCUT2D eigenvalue weighted by Crippen LogP contribution is -2.41. The van der Waals surface area contributed by atoms with Gasteiger partial charge in [-0.05, 0) is 91.8 Å². The summed E-state index contributed by atoms with van der Waals surface area (Å²) in [4.78, 5) is 0. The van der Waals surface area contributed by atoms with Gasteiger partial charge in [0.2, 0.25) is 0 Å². The maximum absolute atomic E-state index is 6.44. The molecule has 3 aromatic carbocycles. The van der Waals surface area contributed by atoms with Crippen LogP contribution >= 0.6 is 0 Å². The normalized spacial score (nSPS) is 20.9. The lowest BCUT2D eigenvalue weighted by molar-refractivity contribution is 0.00578. The van der Waals surface area contributed by atoms with Crippen molar-refractivity contribution in [1.82, 2.24) is 0 Å². The fraction of sp³-hybridized carbons (Fsp3) is 0.400. The third-order valence-corrected chi connectivity index (χ3v) is 8.10. The highest BCUT2D eigenvalue weighted by Crippen LogP contribution is 2.40. The molecule has 0 radical (unpaired) electrons. The van der Waals surface area contributed by atoms with Crippen molar-refractivity contribution in [3.05, 3.63) is 72.8 Å². The number of benzene rings is 3. The minimum Gasteiger partial charge on any atom is -0.458 e. The first kappa shape index (κ1) is 26.8. The second-order valence-electron chi connectivity index (χ2n) is 11.9. The lowest BCUT2D eigenvalue weighted by Gasteiger charge is -2.32. The zero-order valence-electron chi connectivity index (χ0n) is 23.5. The van der Waals surface area contributed by atoms with Crippen molar-refractivity contribution in [2.45, 2.75) is 77.8 Å². The molecule has 0 atom stereocenters. The van der Waals surface area contributed by atoms with E-state index < -0.39 is 36.6 Å². The van der Waals surface area contributed by atoms with E-state index in [0.29, 0.717) is 23.0 Å². The summed E-state index contributed by atoms with van der Waals surface area (Å²) in [5, 5.41) is 0. The van der Waals surface area contributed by atoms with Crippen LogP contribution in [-0.4, -0.2) is 36.6 Å². The Morgan fingerprint density at radius 1 is 0.474 bits per heavy atom. The predicted octanol–water partition coefficient (Wildman–Crippen LogP) is 5.87. The fourth-order valence-electron chi connectivity index (χ4n) is 4.31. The molecule has 0 spiro atoms. The summed E-state index contributed by atoms with van der Waals surface area (Å²) in [5.41, 5.74) is -0.643. The van der Waals surface area contributed by atoms with Crippen molar-refractivity contribution in [3.8, 4) is 23.0 Å². The first-order valence-electron chi connectivity index (χ1n) is 13.1. The Labute approximate surface area is 226 Å². The van der Waals surface area contributed by atoms with Gasteiger partial charge in [0.15, 0.2) is 0 Å². The fourth-order valence-corrected chi connectivity index (χ4v) is 4.31. The zero-order valence-corrected chi connectivity index (χ0v) is 23.5. The summed E-state index contributed by atoms with van der Waals surface area (Å²) in [6, 6.07) is 23.2. The van der Waals surface area contributed by atoms with Crippen LogP contribution < -0.4 is 20.4 Å². The standard InChI is InChI=1S/C30H36B2O6/c1-27(2)28(3,4)36-31(35-27)23-19-26(34-22-17-13-10-14-18-22)24(32-37-29(5,6)30(7,8)38-32)20-25(23)33-21-15-11-9-12-16-21/h9-20H,1-8H3. The van der Waals surface area contributed by atoms with Gasteiger partial charge in [-0.3, -0.25) is 0 Å². The lowest BCUT2D eigenvalue weighted by atomic mass is 9.72. The van der Waals surface area contributed by atoms with Crippen molar-refractivity contribution in [2.24, 2.45) is 0 Å². The number of hydrogen-bond donors (Lipinski definition) is 0. The maximum atomic E-state index is 6.44. The Morgan fingerprint density at radius 2 is 0.763 bits per heavy atom. The minimum absolute atomic E-state index is 0.521. The first-order valence-corrected chi connectivity index (χ1v) is 13.1. The number of hydrogen-bond acceptors (Lipinski definition) is 6. The van der Waals surface area contributed by atoms with Crippen LogP contribution in [0.15, 0.2) is 72.8 Å². The Kier molecular flexibility index (Phi) is 6.67. The highest BCUT2D eigenvalue weighted by Gasteiger charge is 2.55. The van der Waals surface area contributed by atoms with Gasteiger partial charge in [0, 0.05) is 10.9 Å². The largest absolute Gasteiger partial charge is 0.498 e. The van der Waals surface area contributed by atoms with E-state index in [4.69, 9.17) is 28.1 Å². The summed E-state index contributed by atoms with van der Waals surface area (Å²) >= 11 is 0. The van der Waals surface area contributed by atoms with Crippen LogP contribution in [0.1, 0.15) is 55.4 Å². The molecule has 0 aliphatic carbocycles. The average Bonchev–Trinajstić information content (AvgIpc) is 3.20. The van der Waals surface area contributed by atoms with E-state index in [9.17, 15) is 0 Å². The molecule has 6 nitrogen and oxygen atoms in total. The monoisotopic (exact) mass is 514 g/mol. The van der Waals surface area contributed by atoms with Crippen LogP contribution in [-0.2, 0) is 18.6 Å². The molecule has 8 heteroatoms. The molecule has 0 N–H and O–H groups in total. The zero-order chi connectivity index (χ0) is 27.3. The van der Waals surface area contributed by atoms with E-state index in [-0.39, 0.29) is 0 Å². The van der Waals surface area contributed by atoms with Gasteiger partial charge >= 0.3 is 14.2 Å². The quantitative estimate of drug-likeness (QED) is 0.384. The van der Waals surface area contributed by atoms with Gasteiger partial charge in [0.05, 0.1) is 22.4 Å². The van der Waals surface area contributed by atoms with E-state index in [1.54, 1.807) is 0 Å². The third-order valence-electron chi connectivity index (χ3n) is 8.10. The summed E-state index contributed by atoms with van der Waals surface area (Å²) in [6.45, 7) is 16.3. The van der Waals surface area contributed by atoms with Gasteiger partial charge in [-0.15, -0.1) is 0 Å². The van der Waals surface area contributed by atoms with Crippen LogP contribution in [0.4, 0.5) is 0 Å². The highest BCUT2D eigenvalue weighted by molar-refractivity contribution is 6.66. The van der Waals surface area contributed by atoms with Gasteiger partial charge in [-0.2, -0.15) is 0 Å². The SMILES string of the molecule is CC1(C)OB(c2cc(Oc3ccccc3)c(B3OC(C)(C)C(C)(C)O3)cc2Oc2ccccc2)OC1(C)C. The van der Waals surface area contributed by atoms with Crippen molar-refractivity contribution < 1.29 is 28.1 Å². The Bertz CT molecular complexity index is 1160. The molecule has 38 heavy (non-hydrogen) atoms. The maximum Gasteiger partial charge on any atom is 0.498 e. The molecule has 0 bridgehead atoms. The molecule has 2 fully saturated rings. The molecule has 198 valence electrons. The van der Waals surface area contributed by atoms with Crippen LogP contribution in [0, 0.1) is 0 Å². The molecule has 0 aromatic heterocycles. The molecule has 2 aliphatic heterocycles. The van der Waals surface area contributed by atoms with E-state index in [2.05, 4.69) is 0 Å². The van der Waals surface area contributed by atoms with Crippen LogP contribution in [0.3, 0.4) is 0 Å². The van der Waals surface area contributed by atoms with Crippen molar-refractivity contribution in [2.75, 3.05) is 0 Å². The molecule has 2 heterocycles. The molecule has 0 amide bonds. The summed E-state index contributed by atoms with van der Waals surface area (Å²) < 4.78 is 38.7. The van der Waals surface area contributed by atoms with E-state index in [1.807, 2.05) is 128 Å².